The Labute approximate surface area is 139 Å². The maximum absolute atomic E-state index is 12.1. The lowest BCUT2D eigenvalue weighted by molar-refractivity contribution is -1.05. The predicted molar refractivity (Wildman–Crippen MR) is 90.5 cm³/mol. The van der Waals surface area contributed by atoms with Gasteiger partial charge in [-0.15, -0.1) is 0 Å². The summed E-state index contributed by atoms with van der Waals surface area (Å²) in [5.41, 5.74) is 4.67. The van der Waals surface area contributed by atoms with E-state index in [2.05, 4.69) is 18.4 Å². The molecule has 0 amide bonds. The summed E-state index contributed by atoms with van der Waals surface area (Å²) in [4.78, 5) is 17.1. The highest BCUT2D eigenvalue weighted by Crippen LogP contribution is 2.29. The molecule has 1 N–H and O–H groups in total. The number of fused-ring (bicyclic) bond motifs is 1. The zero-order valence-corrected chi connectivity index (χ0v) is 14.7. The zero-order valence-electron chi connectivity index (χ0n) is 14.7. The predicted octanol–water partition coefficient (Wildman–Crippen LogP) is 2.52. The number of nitrogens with one attached hydrogen (secondary N) is 1. The third kappa shape index (κ3) is 4.43. The van der Waals surface area contributed by atoms with Gasteiger partial charge in [0.25, 0.3) is 0 Å². The smallest absolute Gasteiger partial charge is 0.164 e. The van der Waals surface area contributed by atoms with Crippen molar-refractivity contribution in [1.29, 1.82) is 0 Å². The van der Waals surface area contributed by atoms with E-state index in [0.717, 1.165) is 50.6 Å². The van der Waals surface area contributed by atoms with E-state index in [1.165, 1.54) is 17.0 Å². The van der Waals surface area contributed by atoms with Crippen LogP contribution in [0.4, 0.5) is 0 Å². The Hall–Kier alpha value is -1.17. The summed E-state index contributed by atoms with van der Waals surface area (Å²) in [5, 5.41) is 11.2. The summed E-state index contributed by atoms with van der Waals surface area (Å²) in [6, 6.07) is 0. The van der Waals surface area contributed by atoms with E-state index in [1.54, 1.807) is 0 Å². The van der Waals surface area contributed by atoms with Crippen LogP contribution in [-0.4, -0.2) is 23.5 Å². The Morgan fingerprint density at radius 3 is 2.65 bits per heavy atom. The van der Waals surface area contributed by atoms with Crippen molar-refractivity contribution in [2.24, 2.45) is 0 Å². The molecule has 0 spiro atoms. The number of aromatic nitrogens is 1. The lowest BCUT2D eigenvalue weighted by atomic mass is 9.94. The van der Waals surface area contributed by atoms with Gasteiger partial charge in [-0.25, -0.2) is 10.1 Å². The molecule has 0 saturated carbocycles. The maximum atomic E-state index is 12.1. The van der Waals surface area contributed by atoms with Crippen LogP contribution in [0.3, 0.4) is 0 Å². The second-order valence-corrected chi connectivity index (χ2v) is 6.43. The fourth-order valence-electron chi connectivity index (χ4n) is 3.54. The number of hydrogen-bond donors (Lipinski definition) is 1. The molecule has 0 aromatic carbocycles. The van der Waals surface area contributed by atoms with Gasteiger partial charge in [0, 0.05) is 29.9 Å². The van der Waals surface area contributed by atoms with Crippen molar-refractivity contribution >= 4 is 5.78 Å². The number of hydroxylamine groups is 2. The molecule has 5 nitrogen and oxygen atoms in total. The SMILES string of the molecule is CCO[NH+]([O-])CCCCCCn1c(C)c(C)c2c1CCCC2=O. The molecule has 1 heterocycles. The van der Waals surface area contributed by atoms with Crippen molar-refractivity contribution in [3.05, 3.63) is 27.7 Å². The Morgan fingerprint density at radius 1 is 1.17 bits per heavy atom. The summed E-state index contributed by atoms with van der Waals surface area (Å²) in [7, 11) is 0. The summed E-state index contributed by atoms with van der Waals surface area (Å²) in [5.74, 6) is 0.319. The minimum Gasteiger partial charge on any atom is -0.600 e. The second-order valence-electron chi connectivity index (χ2n) is 6.43. The van der Waals surface area contributed by atoms with Gasteiger partial charge in [-0.3, -0.25) is 4.79 Å². The van der Waals surface area contributed by atoms with E-state index >= 15 is 0 Å². The van der Waals surface area contributed by atoms with Gasteiger partial charge < -0.3 is 9.77 Å². The number of carbonyl (C=O) groups excluding carboxylic acids is 1. The lowest BCUT2D eigenvalue weighted by Crippen LogP contribution is -3.06. The summed E-state index contributed by atoms with van der Waals surface area (Å²) in [6.45, 7) is 8.02. The molecule has 0 aliphatic heterocycles. The van der Waals surface area contributed by atoms with Gasteiger partial charge in [-0.2, -0.15) is 0 Å². The number of hydrogen-bond acceptors (Lipinski definition) is 3. The minimum atomic E-state index is -0.0861. The first-order valence-corrected chi connectivity index (χ1v) is 8.93. The molecule has 130 valence electrons. The van der Waals surface area contributed by atoms with E-state index in [1.807, 2.05) is 6.92 Å². The van der Waals surface area contributed by atoms with Crippen LogP contribution < -0.4 is 5.23 Å². The lowest BCUT2D eigenvalue weighted by Gasteiger charge is -2.18. The number of nitrogens with zero attached hydrogens (tertiary/aromatic N) is 1. The van der Waals surface area contributed by atoms with E-state index in [0.29, 0.717) is 25.4 Å². The molecule has 0 radical (unpaired) electrons. The van der Waals surface area contributed by atoms with E-state index in [-0.39, 0.29) is 5.23 Å². The van der Waals surface area contributed by atoms with Gasteiger partial charge in [0.15, 0.2) is 5.78 Å². The van der Waals surface area contributed by atoms with Crippen LogP contribution in [0.15, 0.2) is 0 Å². The number of ketones is 1. The largest absolute Gasteiger partial charge is 0.600 e. The van der Waals surface area contributed by atoms with Crippen molar-refractivity contribution < 1.29 is 14.9 Å². The van der Waals surface area contributed by atoms with Crippen molar-refractivity contribution in [2.45, 2.75) is 72.3 Å². The average molecular weight is 322 g/mol. The molecule has 1 aliphatic rings. The Kier molecular flexibility index (Phi) is 6.81. The second kappa shape index (κ2) is 8.62. The molecular formula is C18H30N2O3. The first-order chi connectivity index (χ1) is 11.1. The number of rotatable bonds is 9. The molecule has 0 fully saturated rings. The third-order valence-corrected chi connectivity index (χ3v) is 4.85. The molecule has 2 rings (SSSR count). The molecule has 1 atom stereocenters. The number of unbranched alkanes of at least 4 members (excludes halogenated alkanes) is 3. The molecular weight excluding hydrogens is 292 g/mol. The van der Waals surface area contributed by atoms with E-state index in [9.17, 15) is 10.0 Å². The molecule has 23 heavy (non-hydrogen) atoms. The summed E-state index contributed by atoms with van der Waals surface area (Å²) in [6.07, 6.45) is 6.87. The van der Waals surface area contributed by atoms with Crippen molar-refractivity contribution in [3.8, 4) is 0 Å². The number of carbonyl (C=O) groups is 1. The van der Waals surface area contributed by atoms with E-state index in [4.69, 9.17) is 4.84 Å². The van der Waals surface area contributed by atoms with Crippen LogP contribution in [0.2, 0.25) is 0 Å². The Balaban J connectivity index is 1.81. The van der Waals surface area contributed by atoms with Gasteiger partial charge in [0.2, 0.25) is 0 Å². The molecule has 1 unspecified atom stereocenters. The molecule has 0 bridgehead atoms. The van der Waals surface area contributed by atoms with Gasteiger partial charge in [-0.1, -0.05) is 6.42 Å². The standard InChI is InChI=1S/C18H30N2O3/c1-4-23-20(22)13-8-6-5-7-12-19-15(3)14(2)18-16(19)10-9-11-17(18)21/h20H,4-13H2,1-3H3. The molecule has 0 saturated heterocycles. The quantitative estimate of drug-likeness (QED) is 0.561. The zero-order chi connectivity index (χ0) is 16.8. The average Bonchev–Trinajstić information content (AvgIpc) is 2.76. The van der Waals surface area contributed by atoms with Gasteiger partial charge in [0.05, 0.1) is 0 Å². The first-order valence-electron chi connectivity index (χ1n) is 8.93. The highest BCUT2D eigenvalue weighted by molar-refractivity contribution is 6.00. The van der Waals surface area contributed by atoms with Gasteiger partial charge >= 0.3 is 0 Å². The summed E-state index contributed by atoms with van der Waals surface area (Å²) >= 11 is 0. The third-order valence-electron chi connectivity index (χ3n) is 4.85. The maximum Gasteiger partial charge on any atom is 0.164 e. The van der Waals surface area contributed by atoms with Gasteiger partial charge in [-0.05, 0) is 58.4 Å². The summed E-state index contributed by atoms with van der Waals surface area (Å²) < 4.78 is 2.35. The minimum absolute atomic E-state index is 0.0861. The van der Waals surface area contributed by atoms with Crippen molar-refractivity contribution in [1.82, 2.24) is 4.57 Å². The van der Waals surface area contributed by atoms with Gasteiger partial charge in [0.1, 0.15) is 13.2 Å². The van der Waals surface area contributed by atoms with Crippen molar-refractivity contribution in [2.75, 3.05) is 13.2 Å². The topological polar surface area (TPSA) is 58.7 Å². The highest BCUT2D eigenvalue weighted by atomic mass is 16.9. The molecule has 1 aromatic rings. The van der Waals surface area contributed by atoms with Crippen LogP contribution in [0.25, 0.3) is 0 Å². The van der Waals surface area contributed by atoms with Crippen LogP contribution in [0.5, 0.6) is 0 Å². The number of quaternary nitrogens is 1. The van der Waals surface area contributed by atoms with Crippen molar-refractivity contribution in [3.63, 3.8) is 0 Å². The van der Waals surface area contributed by atoms with Crippen LogP contribution in [0.1, 0.15) is 72.8 Å². The number of Topliss-reactive ketones (excluding diaryl/α,β-unsaturated/α-hetero) is 1. The molecule has 1 aliphatic carbocycles. The Morgan fingerprint density at radius 2 is 1.91 bits per heavy atom. The van der Waals surface area contributed by atoms with Crippen LogP contribution in [-0.2, 0) is 17.8 Å². The fourth-order valence-corrected chi connectivity index (χ4v) is 3.54. The fraction of sp³-hybridized carbons (Fsp3) is 0.722. The normalized spacial score (nSPS) is 15.7. The van der Waals surface area contributed by atoms with Crippen LogP contribution in [0, 0.1) is 19.1 Å². The Bertz CT molecular complexity index is 537. The first kappa shape index (κ1) is 18.2. The molecule has 5 heteroatoms. The van der Waals surface area contributed by atoms with Crippen LogP contribution >= 0.6 is 0 Å². The van der Waals surface area contributed by atoms with E-state index < -0.39 is 0 Å². The highest BCUT2D eigenvalue weighted by Gasteiger charge is 2.25. The molecule has 1 aromatic heterocycles. The monoisotopic (exact) mass is 322 g/mol.